The van der Waals surface area contributed by atoms with Gasteiger partial charge in [-0.25, -0.2) is 0 Å². The molecular formula is C21H32O. The average molecular weight is 300 g/mol. The monoisotopic (exact) mass is 300 g/mol. The molecule has 0 heterocycles. The maximum Gasteiger partial charge on any atom is 0.108 e. The topological polar surface area (TPSA) is 20.2 Å². The number of allylic oxidation sites excluding steroid dienone is 7. The predicted molar refractivity (Wildman–Crippen MR) is 99.9 cm³/mol. The summed E-state index contributed by atoms with van der Waals surface area (Å²) in [7, 11) is 0. The van der Waals surface area contributed by atoms with Crippen molar-refractivity contribution in [3.63, 3.8) is 0 Å². The van der Waals surface area contributed by atoms with Gasteiger partial charge in [-0.05, 0) is 48.0 Å². The van der Waals surface area contributed by atoms with Crippen LogP contribution in [0.25, 0.3) is 0 Å². The quantitative estimate of drug-likeness (QED) is 0.352. The van der Waals surface area contributed by atoms with Gasteiger partial charge in [-0.15, -0.1) is 0 Å². The summed E-state index contributed by atoms with van der Waals surface area (Å²) in [4.78, 5) is 0. The summed E-state index contributed by atoms with van der Waals surface area (Å²) in [6, 6.07) is 0. The van der Waals surface area contributed by atoms with Crippen LogP contribution in [0.15, 0.2) is 72.6 Å². The molecule has 2 unspecified atom stereocenters. The maximum atomic E-state index is 9.19. The highest BCUT2D eigenvalue weighted by Gasteiger charge is 2.07. The molecule has 0 rings (SSSR count). The lowest BCUT2D eigenvalue weighted by Crippen LogP contribution is -2.01. The first-order chi connectivity index (χ1) is 10.2. The molecule has 0 radical (unpaired) electrons. The molecule has 1 nitrogen and oxygen atoms in total. The molecule has 2 atom stereocenters. The molecule has 122 valence electrons. The minimum atomic E-state index is 0.0264. The van der Waals surface area contributed by atoms with Gasteiger partial charge in [0.1, 0.15) is 5.76 Å². The Bertz CT molecular complexity index is 488. The van der Waals surface area contributed by atoms with Crippen LogP contribution >= 0.6 is 0 Å². The van der Waals surface area contributed by atoms with E-state index in [0.717, 1.165) is 34.6 Å². The second-order valence-electron chi connectivity index (χ2n) is 6.22. The molecule has 0 aliphatic carbocycles. The normalized spacial score (nSPS) is 14.6. The van der Waals surface area contributed by atoms with Crippen molar-refractivity contribution < 1.29 is 5.11 Å². The van der Waals surface area contributed by atoms with Crippen molar-refractivity contribution in [2.45, 2.75) is 47.0 Å². The van der Waals surface area contributed by atoms with E-state index in [1.54, 1.807) is 6.08 Å². The Kier molecular flexibility index (Phi) is 9.24. The fraction of sp³-hybridized carbons (Fsp3) is 0.429. The van der Waals surface area contributed by atoms with Crippen LogP contribution in [0, 0.1) is 11.8 Å². The van der Waals surface area contributed by atoms with Gasteiger partial charge in [0, 0.05) is 0 Å². The van der Waals surface area contributed by atoms with E-state index in [-0.39, 0.29) is 5.76 Å². The molecule has 0 amide bonds. The highest BCUT2D eigenvalue weighted by Crippen LogP contribution is 2.23. The zero-order chi connectivity index (χ0) is 17.3. The smallest absolute Gasteiger partial charge is 0.108 e. The summed E-state index contributed by atoms with van der Waals surface area (Å²) in [5.74, 6) is 1.27. The third kappa shape index (κ3) is 7.87. The van der Waals surface area contributed by atoms with Crippen LogP contribution in [-0.2, 0) is 0 Å². The number of aliphatic hydroxyl groups excluding tert-OH is 1. The Morgan fingerprint density at radius 2 is 1.64 bits per heavy atom. The SMILES string of the molecule is C=C(O)/C=C(/C)C(=C)C(=C)/C=C\C(=C)C(C)CCC(C)CC. The highest BCUT2D eigenvalue weighted by molar-refractivity contribution is 5.49. The Balaban J connectivity index is 4.57. The van der Waals surface area contributed by atoms with E-state index in [1.807, 2.05) is 19.1 Å². The summed E-state index contributed by atoms with van der Waals surface area (Å²) in [6.07, 6.45) is 9.18. The van der Waals surface area contributed by atoms with Gasteiger partial charge in [-0.3, -0.25) is 0 Å². The molecule has 1 heteroatoms. The molecule has 0 saturated heterocycles. The minimum Gasteiger partial charge on any atom is -0.509 e. The molecule has 1 N–H and O–H groups in total. The summed E-state index contributed by atoms with van der Waals surface area (Å²) >= 11 is 0. The van der Waals surface area contributed by atoms with E-state index in [9.17, 15) is 5.11 Å². The molecular weight excluding hydrogens is 268 g/mol. The van der Waals surface area contributed by atoms with Gasteiger partial charge in [-0.1, -0.05) is 77.7 Å². The zero-order valence-electron chi connectivity index (χ0n) is 14.8. The summed E-state index contributed by atoms with van der Waals surface area (Å²) in [6.45, 7) is 24.3. The van der Waals surface area contributed by atoms with Gasteiger partial charge in [-0.2, -0.15) is 0 Å². The Labute approximate surface area is 137 Å². The molecule has 0 aromatic heterocycles. The average Bonchev–Trinajstić information content (AvgIpc) is 2.47. The van der Waals surface area contributed by atoms with Crippen LogP contribution in [0.2, 0.25) is 0 Å². The van der Waals surface area contributed by atoms with Crippen LogP contribution in [-0.4, -0.2) is 5.11 Å². The van der Waals surface area contributed by atoms with Crippen LogP contribution in [0.3, 0.4) is 0 Å². The maximum absolute atomic E-state index is 9.19. The lowest BCUT2D eigenvalue weighted by atomic mass is 9.91. The van der Waals surface area contributed by atoms with Crippen molar-refractivity contribution in [3.8, 4) is 0 Å². The third-order valence-corrected chi connectivity index (χ3v) is 4.17. The first kappa shape index (κ1) is 20.2. The summed E-state index contributed by atoms with van der Waals surface area (Å²) in [5, 5.41) is 9.19. The van der Waals surface area contributed by atoms with E-state index >= 15 is 0 Å². The third-order valence-electron chi connectivity index (χ3n) is 4.17. The zero-order valence-corrected chi connectivity index (χ0v) is 14.8. The molecule has 0 bridgehead atoms. The van der Waals surface area contributed by atoms with Crippen molar-refractivity contribution in [2.75, 3.05) is 0 Å². The molecule has 0 fully saturated rings. The van der Waals surface area contributed by atoms with Crippen LogP contribution in [0.1, 0.15) is 47.0 Å². The fourth-order valence-corrected chi connectivity index (χ4v) is 1.99. The molecule has 0 aromatic carbocycles. The second-order valence-corrected chi connectivity index (χ2v) is 6.22. The lowest BCUT2D eigenvalue weighted by Gasteiger charge is -2.15. The van der Waals surface area contributed by atoms with Gasteiger partial charge in [0.05, 0.1) is 0 Å². The summed E-state index contributed by atoms with van der Waals surface area (Å²) < 4.78 is 0. The van der Waals surface area contributed by atoms with E-state index < -0.39 is 0 Å². The van der Waals surface area contributed by atoms with Crippen molar-refractivity contribution in [3.05, 3.63) is 72.6 Å². The van der Waals surface area contributed by atoms with Gasteiger partial charge in [0.15, 0.2) is 0 Å². The van der Waals surface area contributed by atoms with E-state index in [4.69, 9.17) is 0 Å². The molecule has 0 aliphatic heterocycles. The van der Waals surface area contributed by atoms with Crippen LogP contribution < -0.4 is 0 Å². The Hall–Kier alpha value is -1.76. The van der Waals surface area contributed by atoms with Gasteiger partial charge < -0.3 is 5.11 Å². The van der Waals surface area contributed by atoms with Gasteiger partial charge >= 0.3 is 0 Å². The van der Waals surface area contributed by atoms with Gasteiger partial charge in [0.2, 0.25) is 0 Å². The van der Waals surface area contributed by atoms with E-state index in [0.29, 0.717) is 5.92 Å². The van der Waals surface area contributed by atoms with Crippen molar-refractivity contribution in [1.82, 2.24) is 0 Å². The predicted octanol–water partition coefficient (Wildman–Crippen LogP) is 6.69. The molecule has 0 spiro atoms. The van der Waals surface area contributed by atoms with Crippen LogP contribution in [0.5, 0.6) is 0 Å². The number of hydrogen-bond donors (Lipinski definition) is 1. The van der Waals surface area contributed by atoms with Gasteiger partial charge in [0.25, 0.3) is 0 Å². The van der Waals surface area contributed by atoms with E-state index in [2.05, 4.69) is 47.1 Å². The standard InChI is InChI=1S/C21H32O/c1-9-15(2)10-11-16(3)17(4)12-13-18(5)21(8)19(6)14-20(7)22/h12-16,22H,4-5,7-11H2,1-3,6H3/b13-12-,19-14-. The van der Waals surface area contributed by atoms with Crippen molar-refractivity contribution in [2.24, 2.45) is 11.8 Å². The number of hydrogen-bond acceptors (Lipinski definition) is 1. The number of aliphatic hydroxyl groups is 1. The lowest BCUT2D eigenvalue weighted by molar-refractivity contribution is 0.434. The second kappa shape index (κ2) is 10.0. The van der Waals surface area contributed by atoms with E-state index in [1.165, 1.54) is 12.8 Å². The molecule has 0 aliphatic rings. The minimum absolute atomic E-state index is 0.0264. The summed E-state index contributed by atoms with van der Waals surface area (Å²) in [5.41, 5.74) is 3.60. The fourth-order valence-electron chi connectivity index (χ4n) is 1.99. The highest BCUT2D eigenvalue weighted by atomic mass is 16.3. The molecule has 0 aromatic rings. The van der Waals surface area contributed by atoms with Crippen molar-refractivity contribution >= 4 is 0 Å². The van der Waals surface area contributed by atoms with Crippen molar-refractivity contribution in [1.29, 1.82) is 0 Å². The number of rotatable bonds is 10. The first-order valence-electron chi connectivity index (χ1n) is 8.00. The largest absolute Gasteiger partial charge is 0.509 e. The molecule has 22 heavy (non-hydrogen) atoms. The Morgan fingerprint density at radius 1 is 1.05 bits per heavy atom. The van der Waals surface area contributed by atoms with Crippen LogP contribution in [0.4, 0.5) is 0 Å². The first-order valence-corrected chi connectivity index (χ1v) is 8.00. The molecule has 0 saturated carbocycles. The Morgan fingerprint density at radius 3 is 2.14 bits per heavy atom.